The number of aromatic nitrogens is 3. The molecular formula is C20H23N5O5S2. The number of pyridine rings is 1. The second kappa shape index (κ2) is 8.70. The summed E-state index contributed by atoms with van der Waals surface area (Å²) in [6.45, 7) is 3.64. The highest BCUT2D eigenvalue weighted by molar-refractivity contribution is 7.90. The fraction of sp³-hybridized carbons (Fsp3) is 0.350. The van der Waals surface area contributed by atoms with Crippen LogP contribution in [0.15, 0.2) is 63.1 Å². The minimum atomic E-state index is -3.98. The molecular weight excluding hydrogens is 454 g/mol. The number of rotatable bonds is 9. The molecule has 2 aromatic heterocycles. The SMILES string of the molecule is CC(C)C(NS(=O)(=O)c1ccc(S(=O)(=O)NC2CC2)cc1)c1nc(-c2ccncc2)no1. The van der Waals surface area contributed by atoms with Gasteiger partial charge >= 0.3 is 0 Å². The zero-order valence-electron chi connectivity index (χ0n) is 17.5. The topological polar surface area (TPSA) is 144 Å². The van der Waals surface area contributed by atoms with Gasteiger partial charge in [0.25, 0.3) is 0 Å². The van der Waals surface area contributed by atoms with Crippen LogP contribution in [0.1, 0.15) is 38.6 Å². The van der Waals surface area contributed by atoms with Crippen molar-refractivity contribution >= 4 is 20.0 Å². The van der Waals surface area contributed by atoms with Gasteiger partial charge in [-0.3, -0.25) is 4.98 Å². The number of sulfonamides is 2. The third kappa shape index (κ3) is 5.04. The molecule has 2 heterocycles. The van der Waals surface area contributed by atoms with Gasteiger partial charge in [-0.25, -0.2) is 21.6 Å². The van der Waals surface area contributed by atoms with Crippen molar-refractivity contribution in [2.24, 2.45) is 5.92 Å². The Labute approximate surface area is 186 Å². The fourth-order valence-electron chi connectivity index (χ4n) is 2.97. The molecule has 3 aromatic rings. The van der Waals surface area contributed by atoms with Crippen molar-refractivity contribution < 1.29 is 21.4 Å². The second-order valence-corrected chi connectivity index (χ2v) is 11.3. The number of hydrogen-bond acceptors (Lipinski definition) is 8. The molecule has 0 aliphatic heterocycles. The molecule has 1 atom stereocenters. The molecule has 10 nitrogen and oxygen atoms in total. The van der Waals surface area contributed by atoms with E-state index in [0.717, 1.165) is 12.8 Å². The fourth-order valence-corrected chi connectivity index (χ4v) is 5.62. The Morgan fingerprint density at radius 1 is 0.938 bits per heavy atom. The van der Waals surface area contributed by atoms with Gasteiger partial charge in [0.1, 0.15) is 6.04 Å². The van der Waals surface area contributed by atoms with E-state index >= 15 is 0 Å². The number of hydrogen-bond donors (Lipinski definition) is 2. The van der Waals surface area contributed by atoms with E-state index in [0.29, 0.717) is 11.4 Å². The summed E-state index contributed by atoms with van der Waals surface area (Å²) in [6.07, 6.45) is 4.81. The molecule has 170 valence electrons. The highest BCUT2D eigenvalue weighted by Crippen LogP contribution is 2.26. The van der Waals surface area contributed by atoms with Crippen molar-refractivity contribution in [3.05, 3.63) is 54.7 Å². The van der Waals surface area contributed by atoms with Crippen LogP contribution in [0.25, 0.3) is 11.4 Å². The molecule has 1 saturated carbocycles. The summed E-state index contributed by atoms with van der Waals surface area (Å²) in [7, 11) is -7.65. The molecule has 1 aliphatic carbocycles. The van der Waals surface area contributed by atoms with Gasteiger partial charge in [0.05, 0.1) is 9.79 Å². The Morgan fingerprint density at radius 3 is 2.09 bits per heavy atom. The van der Waals surface area contributed by atoms with E-state index in [-0.39, 0.29) is 27.6 Å². The molecule has 4 rings (SSSR count). The first-order valence-electron chi connectivity index (χ1n) is 10.0. The highest BCUT2D eigenvalue weighted by atomic mass is 32.2. The average molecular weight is 478 g/mol. The lowest BCUT2D eigenvalue weighted by atomic mass is 10.1. The lowest BCUT2D eigenvalue weighted by molar-refractivity contribution is 0.311. The van der Waals surface area contributed by atoms with Crippen molar-refractivity contribution in [2.45, 2.75) is 48.6 Å². The van der Waals surface area contributed by atoms with Crippen LogP contribution in [0.4, 0.5) is 0 Å². The summed E-state index contributed by atoms with van der Waals surface area (Å²) >= 11 is 0. The van der Waals surface area contributed by atoms with E-state index in [1.807, 2.05) is 13.8 Å². The molecule has 0 bridgehead atoms. The molecule has 0 spiro atoms. The van der Waals surface area contributed by atoms with Gasteiger partial charge in [0, 0.05) is 24.0 Å². The summed E-state index contributed by atoms with van der Waals surface area (Å²) in [5, 5.41) is 3.94. The molecule has 1 aliphatic rings. The first-order chi connectivity index (χ1) is 15.2. The molecule has 0 saturated heterocycles. The van der Waals surface area contributed by atoms with E-state index in [4.69, 9.17) is 4.52 Å². The molecule has 2 N–H and O–H groups in total. The van der Waals surface area contributed by atoms with Crippen LogP contribution in [0.2, 0.25) is 0 Å². The van der Waals surface area contributed by atoms with Crippen LogP contribution in [0, 0.1) is 5.92 Å². The van der Waals surface area contributed by atoms with Gasteiger partial charge in [-0.05, 0) is 55.2 Å². The van der Waals surface area contributed by atoms with E-state index < -0.39 is 26.1 Å². The normalized spacial score (nSPS) is 15.7. The maximum absolute atomic E-state index is 13.0. The molecule has 32 heavy (non-hydrogen) atoms. The predicted octanol–water partition coefficient (Wildman–Crippen LogP) is 2.25. The van der Waals surface area contributed by atoms with Crippen molar-refractivity contribution in [3.8, 4) is 11.4 Å². The number of nitrogens with zero attached hydrogens (tertiary/aromatic N) is 3. The molecule has 1 aromatic carbocycles. The Hall–Kier alpha value is -2.67. The minimum absolute atomic E-state index is 0.0163. The van der Waals surface area contributed by atoms with E-state index in [1.165, 1.54) is 24.3 Å². The lowest BCUT2D eigenvalue weighted by Crippen LogP contribution is -2.32. The maximum Gasteiger partial charge on any atom is 0.245 e. The van der Waals surface area contributed by atoms with E-state index in [1.54, 1.807) is 24.5 Å². The van der Waals surface area contributed by atoms with Gasteiger partial charge in [-0.2, -0.15) is 9.71 Å². The van der Waals surface area contributed by atoms with E-state index in [9.17, 15) is 16.8 Å². The van der Waals surface area contributed by atoms with E-state index in [2.05, 4.69) is 24.6 Å². The van der Waals surface area contributed by atoms with Crippen LogP contribution in [-0.2, 0) is 20.0 Å². The Morgan fingerprint density at radius 2 is 1.53 bits per heavy atom. The van der Waals surface area contributed by atoms with Gasteiger partial charge in [-0.1, -0.05) is 19.0 Å². The van der Waals surface area contributed by atoms with Crippen molar-refractivity contribution in [1.29, 1.82) is 0 Å². The Balaban J connectivity index is 1.54. The molecule has 12 heteroatoms. The van der Waals surface area contributed by atoms with Crippen molar-refractivity contribution in [2.75, 3.05) is 0 Å². The van der Waals surface area contributed by atoms with Gasteiger partial charge < -0.3 is 4.52 Å². The Kier molecular flexibility index (Phi) is 6.12. The smallest absolute Gasteiger partial charge is 0.245 e. The average Bonchev–Trinajstić information content (AvgIpc) is 3.43. The molecule has 0 radical (unpaired) electrons. The number of nitrogens with one attached hydrogen (secondary N) is 2. The van der Waals surface area contributed by atoms with Crippen LogP contribution >= 0.6 is 0 Å². The quantitative estimate of drug-likeness (QED) is 0.477. The second-order valence-electron chi connectivity index (χ2n) is 7.90. The largest absolute Gasteiger partial charge is 0.337 e. The van der Waals surface area contributed by atoms with Crippen LogP contribution in [-0.4, -0.2) is 38.0 Å². The lowest BCUT2D eigenvalue weighted by Gasteiger charge is -2.18. The molecule has 1 unspecified atom stereocenters. The number of benzene rings is 1. The summed E-state index contributed by atoms with van der Waals surface area (Å²) in [5.41, 5.74) is 0.692. The minimum Gasteiger partial charge on any atom is -0.337 e. The summed E-state index contributed by atoms with van der Waals surface area (Å²) in [5.74, 6) is 0.256. The van der Waals surface area contributed by atoms with Crippen LogP contribution in [0.5, 0.6) is 0 Å². The van der Waals surface area contributed by atoms with Crippen LogP contribution < -0.4 is 9.44 Å². The third-order valence-corrected chi connectivity index (χ3v) is 7.93. The molecule has 1 fully saturated rings. The van der Waals surface area contributed by atoms with Gasteiger partial charge in [0.2, 0.25) is 31.8 Å². The van der Waals surface area contributed by atoms with Crippen LogP contribution in [0.3, 0.4) is 0 Å². The molecule has 0 amide bonds. The van der Waals surface area contributed by atoms with Crippen molar-refractivity contribution in [3.63, 3.8) is 0 Å². The standard InChI is InChI=1S/C20H23N5O5S2/c1-13(2)18(20-22-19(23-30-20)14-9-11-21-12-10-14)25-32(28,29)17-7-5-16(6-8-17)31(26,27)24-15-3-4-15/h5-13,15,18,24-25H,3-4H2,1-2H3. The monoisotopic (exact) mass is 477 g/mol. The van der Waals surface area contributed by atoms with Gasteiger partial charge in [0.15, 0.2) is 0 Å². The van der Waals surface area contributed by atoms with Gasteiger partial charge in [-0.15, -0.1) is 0 Å². The maximum atomic E-state index is 13.0. The van der Waals surface area contributed by atoms with Crippen molar-refractivity contribution in [1.82, 2.24) is 24.6 Å². The summed E-state index contributed by atoms with van der Waals surface area (Å²) < 4.78 is 61.0. The summed E-state index contributed by atoms with van der Waals surface area (Å²) in [6, 6.07) is 7.70. The first kappa shape index (κ1) is 22.5. The predicted molar refractivity (Wildman–Crippen MR) is 115 cm³/mol. The zero-order chi connectivity index (χ0) is 22.9. The summed E-state index contributed by atoms with van der Waals surface area (Å²) in [4.78, 5) is 8.23. The Bertz CT molecular complexity index is 1290. The first-order valence-corrected chi connectivity index (χ1v) is 13.0. The zero-order valence-corrected chi connectivity index (χ0v) is 19.1. The highest BCUT2D eigenvalue weighted by Gasteiger charge is 2.30. The third-order valence-electron chi connectivity index (χ3n) is 4.94.